The second-order valence-electron chi connectivity index (χ2n) is 8.07. The van der Waals surface area contributed by atoms with Crippen molar-refractivity contribution in [1.29, 1.82) is 0 Å². The molecule has 182 valence electrons. The Labute approximate surface area is 210 Å². The van der Waals surface area contributed by atoms with E-state index in [1.807, 2.05) is 98.9 Å². The average Bonchev–Trinajstić information content (AvgIpc) is 2.90. The number of carbonyl (C=O) groups is 1. The van der Waals surface area contributed by atoms with E-state index in [1.54, 1.807) is 19.3 Å². The van der Waals surface area contributed by atoms with Crippen molar-refractivity contribution in [3.8, 4) is 0 Å². The highest BCUT2D eigenvalue weighted by molar-refractivity contribution is 5.99. The Morgan fingerprint density at radius 2 is 1.89 bits per heavy atom. The first-order valence-corrected chi connectivity index (χ1v) is 11.9. The summed E-state index contributed by atoms with van der Waals surface area (Å²) in [6, 6.07) is 11.9. The first kappa shape index (κ1) is 27.4. The summed E-state index contributed by atoms with van der Waals surface area (Å²) in [7, 11) is 1.75. The quantitative estimate of drug-likeness (QED) is 0.217. The molecule has 0 saturated heterocycles. The van der Waals surface area contributed by atoms with Gasteiger partial charge in [0.05, 0.1) is 5.70 Å². The summed E-state index contributed by atoms with van der Waals surface area (Å²) >= 11 is 0. The van der Waals surface area contributed by atoms with E-state index in [1.165, 1.54) is 0 Å². The number of rotatable bonds is 11. The number of pyridine rings is 1. The number of likely N-dealkylation sites (N-methyl/N-ethyl adjacent to an activating group) is 1. The van der Waals surface area contributed by atoms with Crippen molar-refractivity contribution >= 4 is 24.0 Å². The lowest BCUT2D eigenvalue weighted by atomic mass is 10.0. The van der Waals surface area contributed by atoms with Crippen LogP contribution in [0.2, 0.25) is 0 Å². The lowest BCUT2D eigenvalue weighted by Gasteiger charge is -2.20. The Kier molecular flexibility index (Phi) is 11.3. The summed E-state index contributed by atoms with van der Waals surface area (Å²) in [5.74, 6) is 0.101. The molecule has 1 amide bonds. The molecule has 0 bridgehead atoms. The molecular formula is C30H36N4O. The average molecular weight is 469 g/mol. The third kappa shape index (κ3) is 8.45. The van der Waals surface area contributed by atoms with Gasteiger partial charge < -0.3 is 4.90 Å². The van der Waals surface area contributed by atoms with Crippen LogP contribution in [0, 0.1) is 0 Å². The van der Waals surface area contributed by atoms with Gasteiger partial charge >= 0.3 is 0 Å². The van der Waals surface area contributed by atoms with Gasteiger partial charge in [-0.1, -0.05) is 56.0 Å². The van der Waals surface area contributed by atoms with Gasteiger partial charge in [0.25, 0.3) is 0 Å². The van der Waals surface area contributed by atoms with Gasteiger partial charge in [-0.3, -0.25) is 19.8 Å². The maximum atomic E-state index is 12.8. The summed E-state index contributed by atoms with van der Waals surface area (Å²) in [6.07, 6.45) is 14.8. The van der Waals surface area contributed by atoms with Crippen LogP contribution < -0.4 is 0 Å². The monoisotopic (exact) mass is 468 g/mol. The summed E-state index contributed by atoms with van der Waals surface area (Å²) in [5, 5.41) is 0. The maximum Gasteiger partial charge on any atom is 0.246 e. The first-order valence-electron chi connectivity index (χ1n) is 11.9. The molecule has 2 rings (SSSR count). The van der Waals surface area contributed by atoms with Crippen LogP contribution in [-0.2, 0) is 11.3 Å². The zero-order valence-corrected chi connectivity index (χ0v) is 21.5. The van der Waals surface area contributed by atoms with Gasteiger partial charge in [0.15, 0.2) is 0 Å². The Morgan fingerprint density at radius 1 is 1.14 bits per heavy atom. The minimum atomic E-state index is -0.0142. The molecule has 1 heterocycles. The zero-order valence-electron chi connectivity index (χ0n) is 21.5. The molecule has 5 heteroatoms. The number of aliphatic imine (C=N–C) groups is 2. The van der Waals surface area contributed by atoms with E-state index in [2.05, 4.69) is 28.5 Å². The van der Waals surface area contributed by atoms with Crippen LogP contribution in [0.25, 0.3) is 5.70 Å². The van der Waals surface area contributed by atoms with Crippen LogP contribution in [0.3, 0.4) is 0 Å². The van der Waals surface area contributed by atoms with E-state index >= 15 is 0 Å². The summed E-state index contributed by atoms with van der Waals surface area (Å²) < 4.78 is 0. The molecule has 0 fully saturated rings. The molecule has 0 spiro atoms. The number of carbonyl (C=O) groups excluding carboxylic acids is 1. The Balaban J connectivity index is 2.10. The van der Waals surface area contributed by atoms with Crippen molar-refractivity contribution in [1.82, 2.24) is 9.88 Å². The molecule has 0 N–H and O–H groups in total. The minimum absolute atomic E-state index is 0.0142. The zero-order chi connectivity index (χ0) is 25.6. The maximum absolute atomic E-state index is 12.8. The molecule has 0 saturated carbocycles. The van der Waals surface area contributed by atoms with E-state index in [0.29, 0.717) is 18.8 Å². The molecule has 0 aliphatic carbocycles. The van der Waals surface area contributed by atoms with E-state index in [0.717, 1.165) is 27.8 Å². The molecule has 1 aromatic heterocycles. The molecule has 2 aromatic rings. The lowest BCUT2D eigenvalue weighted by Crippen LogP contribution is -2.28. The summed E-state index contributed by atoms with van der Waals surface area (Å²) in [5.41, 5.74) is 5.67. The fourth-order valence-electron chi connectivity index (χ4n) is 3.50. The van der Waals surface area contributed by atoms with Crippen LogP contribution in [0.4, 0.5) is 0 Å². The van der Waals surface area contributed by atoms with E-state index in [9.17, 15) is 4.79 Å². The number of aromatic nitrogens is 1. The molecule has 0 aliphatic rings. The van der Waals surface area contributed by atoms with Crippen molar-refractivity contribution in [3.63, 3.8) is 0 Å². The molecule has 35 heavy (non-hydrogen) atoms. The highest BCUT2D eigenvalue weighted by Crippen LogP contribution is 2.19. The van der Waals surface area contributed by atoms with E-state index < -0.39 is 0 Å². The van der Waals surface area contributed by atoms with Gasteiger partial charge in [0.1, 0.15) is 0 Å². The second kappa shape index (κ2) is 14.4. The first-order chi connectivity index (χ1) is 16.9. The van der Waals surface area contributed by atoms with Crippen molar-refractivity contribution in [3.05, 3.63) is 108 Å². The molecular weight excluding hydrogens is 432 g/mol. The van der Waals surface area contributed by atoms with Crippen molar-refractivity contribution in [2.75, 3.05) is 13.6 Å². The van der Waals surface area contributed by atoms with Crippen LogP contribution >= 0.6 is 0 Å². The summed E-state index contributed by atoms with van der Waals surface area (Å²) in [6.45, 7) is 13.3. The number of nitrogens with zero attached hydrogens (tertiary/aromatic N) is 4. The van der Waals surface area contributed by atoms with Crippen LogP contribution in [-0.4, -0.2) is 41.8 Å². The highest BCUT2D eigenvalue weighted by Gasteiger charge is 2.11. The minimum Gasteiger partial charge on any atom is -0.335 e. The van der Waals surface area contributed by atoms with Gasteiger partial charge in [-0.05, 0) is 66.8 Å². The Hall–Kier alpha value is -3.86. The SMILES string of the molecule is C=C(N=CC(=C\C)/C(C=NC)=C/C)c1cccc(CN(CC)C(=O)/C=C\C(C)c2cccnc2)c1. The van der Waals surface area contributed by atoms with Crippen LogP contribution in [0.5, 0.6) is 0 Å². The number of hydrogen-bond acceptors (Lipinski definition) is 4. The third-order valence-electron chi connectivity index (χ3n) is 5.65. The van der Waals surface area contributed by atoms with Gasteiger partial charge in [-0.25, -0.2) is 0 Å². The molecule has 5 nitrogen and oxygen atoms in total. The van der Waals surface area contributed by atoms with Crippen molar-refractivity contribution in [2.45, 2.75) is 40.2 Å². The standard InChI is InChI=1S/C30H36N4O/c1-7-26(19-31-6)27(8-2)21-33-24(5)28-13-10-12-25(18-28)22-34(9-3)30(35)16-15-23(4)29-14-11-17-32-20-29/h7-8,10-21,23H,5,9,22H2,1-4,6H3/b16-15-,26-7+,27-8+,31-19?,33-21?. The predicted octanol–water partition coefficient (Wildman–Crippen LogP) is 6.42. The number of amides is 1. The van der Waals surface area contributed by atoms with Gasteiger partial charge in [-0.15, -0.1) is 0 Å². The normalized spacial score (nSPS) is 13.6. The summed E-state index contributed by atoms with van der Waals surface area (Å²) in [4.78, 5) is 27.5. The fourth-order valence-corrected chi connectivity index (χ4v) is 3.50. The van der Waals surface area contributed by atoms with Crippen molar-refractivity contribution < 1.29 is 4.79 Å². The van der Waals surface area contributed by atoms with E-state index in [-0.39, 0.29) is 11.8 Å². The highest BCUT2D eigenvalue weighted by atomic mass is 16.2. The Bertz CT molecular complexity index is 1140. The molecule has 1 aromatic carbocycles. The molecule has 1 atom stereocenters. The smallest absolute Gasteiger partial charge is 0.246 e. The van der Waals surface area contributed by atoms with Gasteiger partial charge in [-0.2, -0.15) is 0 Å². The van der Waals surface area contributed by atoms with Crippen molar-refractivity contribution in [2.24, 2.45) is 9.98 Å². The van der Waals surface area contributed by atoms with Crippen LogP contribution in [0.1, 0.15) is 50.3 Å². The number of benzene rings is 1. The fraction of sp³-hybridized carbons (Fsp3) is 0.267. The lowest BCUT2D eigenvalue weighted by molar-refractivity contribution is -0.126. The third-order valence-corrected chi connectivity index (χ3v) is 5.65. The molecule has 1 unspecified atom stereocenters. The van der Waals surface area contributed by atoms with Gasteiger partial charge in [0.2, 0.25) is 5.91 Å². The van der Waals surface area contributed by atoms with Crippen LogP contribution in [0.15, 0.2) is 101 Å². The van der Waals surface area contributed by atoms with Gasteiger partial charge in [0, 0.05) is 50.9 Å². The second-order valence-corrected chi connectivity index (χ2v) is 8.07. The topological polar surface area (TPSA) is 57.9 Å². The Morgan fingerprint density at radius 3 is 2.51 bits per heavy atom. The number of allylic oxidation sites excluding steroid dienone is 5. The molecule has 0 aliphatic heterocycles. The van der Waals surface area contributed by atoms with E-state index in [4.69, 9.17) is 0 Å². The number of hydrogen-bond donors (Lipinski definition) is 0. The largest absolute Gasteiger partial charge is 0.335 e. The molecule has 0 radical (unpaired) electrons. The predicted molar refractivity (Wildman–Crippen MR) is 149 cm³/mol.